The molecule has 0 unspecified atom stereocenters. The van der Waals surface area contributed by atoms with Crippen molar-refractivity contribution in [2.45, 2.75) is 72.1 Å². The number of hydrogen-bond acceptors (Lipinski definition) is 0. The van der Waals surface area contributed by atoms with Crippen molar-refractivity contribution in [1.82, 2.24) is 4.57 Å². The lowest BCUT2D eigenvalue weighted by Gasteiger charge is -2.35. The first kappa shape index (κ1) is 19.4. The van der Waals surface area contributed by atoms with Gasteiger partial charge in [-0.25, -0.2) is 0 Å². The summed E-state index contributed by atoms with van der Waals surface area (Å²) in [5.74, 6) is 0. The second-order valence-corrected chi connectivity index (χ2v) is 9.85. The number of benzene rings is 3. The van der Waals surface area contributed by atoms with Crippen LogP contribution in [-0.4, -0.2) is 4.57 Å². The summed E-state index contributed by atoms with van der Waals surface area (Å²) in [4.78, 5) is 0. The van der Waals surface area contributed by atoms with Gasteiger partial charge in [-0.1, -0.05) is 75.4 Å². The quantitative estimate of drug-likeness (QED) is 0.300. The van der Waals surface area contributed by atoms with E-state index in [9.17, 15) is 0 Å². The Morgan fingerprint density at radius 1 is 0.767 bits per heavy atom. The second-order valence-electron chi connectivity index (χ2n) is 9.85. The summed E-state index contributed by atoms with van der Waals surface area (Å²) in [7, 11) is 0. The summed E-state index contributed by atoms with van der Waals surface area (Å²) in [6.45, 7) is 11.5. The lowest BCUT2D eigenvalue weighted by Crippen LogP contribution is -2.26. The molecule has 2 heterocycles. The van der Waals surface area contributed by atoms with Gasteiger partial charge in [0.2, 0.25) is 0 Å². The molecule has 0 N–H and O–H groups in total. The summed E-state index contributed by atoms with van der Waals surface area (Å²) in [5, 5.41) is 2.77. The van der Waals surface area contributed by atoms with E-state index in [-0.39, 0.29) is 5.41 Å². The average molecular weight is 396 g/mol. The number of rotatable bonds is 5. The van der Waals surface area contributed by atoms with Crippen LogP contribution in [0.3, 0.4) is 0 Å². The van der Waals surface area contributed by atoms with Gasteiger partial charge in [0, 0.05) is 16.2 Å². The van der Waals surface area contributed by atoms with Gasteiger partial charge >= 0.3 is 0 Å². The summed E-state index contributed by atoms with van der Waals surface area (Å²) in [6, 6.07) is 19.0. The fourth-order valence-electron chi connectivity index (χ4n) is 5.47. The van der Waals surface area contributed by atoms with Gasteiger partial charge in [0.1, 0.15) is 0 Å². The van der Waals surface area contributed by atoms with Crippen molar-refractivity contribution in [3.05, 3.63) is 76.3 Å². The SMILES string of the molecule is CCCCCCc1ccc2c(c1)C(C)(C)c1cc(C)cc3c4cc(C)ccc4n-2c13. The zero-order chi connectivity index (χ0) is 21.0. The molecule has 1 aliphatic heterocycles. The molecule has 0 atom stereocenters. The summed E-state index contributed by atoms with van der Waals surface area (Å²) >= 11 is 0. The van der Waals surface area contributed by atoms with E-state index in [4.69, 9.17) is 0 Å². The third kappa shape index (κ3) is 2.82. The summed E-state index contributed by atoms with van der Waals surface area (Å²) in [5.41, 5.74) is 11.2. The Labute approximate surface area is 180 Å². The highest BCUT2D eigenvalue weighted by molar-refractivity contribution is 6.12. The first-order valence-electron chi connectivity index (χ1n) is 11.6. The summed E-state index contributed by atoms with van der Waals surface area (Å²) in [6.07, 6.45) is 6.45. The lowest BCUT2D eigenvalue weighted by molar-refractivity contribution is 0.625. The lowest BCUT2D eigenvalue weighted by atomic mass is 9.73. The Bertz CT molecular complexity index is 1270. The first-order valence-corrected chi connectivity index (χ1v) is 11.6. The molecule has 1 aromatic heterocycles. The van der Waals surface area contributed by atoms with Crippen molar-refractivity contribution < 1.29 is 0 Å². The molecule has 0 amide bonds. The number of hydrogen-bond donors (Lipinski definition) is 0. The standard InChI is InChI=1S/C29H33N/c1-6-7-8-9-10-21-12-14-27-24(18-21)29(4,5)25-17-20(3)16-23-22-15-19(2)11-13-26(22)30(27)28(23)25/h11-18H,6-10H2,1-5H3. The van der Waals surface area contributed by atoms with Gasteiger partial charge in [-0.05, 0) is 67.6 Å². The van der Waals surface area contributed by atoms with Gasteiger partial charge in [0.05, 0.1) is 16.7 Å². The average Bonchev–Trinajstić information content (AvgIpc) is 3.03. The number of aromatic nitrogens is 1. The van der Waals surface area contributed by atoms with Crippen molar-refractivity contribution in [2.24, 2.45) is 0 Å². The van der Waals surface area contributed by atoms with E-state index in [0.717, 1.165) is 0 Å². The van der Waals surface area contributed by atoms with E-state index in [1.807, 2.05) is 0 Å². The molecule has 0 saturated carbocycles. The topological polar surface area (TPSA) is 4.93 Å². The molecule has 4 aromatic rings. The third-order valence-electron chi connectivity index (χ3n) is 7.13. The highest BCUT2D eigenvalue weighted by Gasteiger charge is 2.35. The normalized spacial score (nSPS) is 14.4. The maximum atomic E-state index is 2.53. The minimum absolute atomic E-state index is 0.00154. The third-order valence-corrected chi connectivity index (χ3v) is 7.13. The monoisotopic (exact) mass is 395 g/mol. The highest BCUT2D eigenvalue weighted by atomic mass is 15.0. The van der Waals surface area contributed by atoms with Crippen LogP contribution in [0.1, 0.15) is 74.3 Å². The fourth-order valence-corrected chi connectivity index (χ4v) is 5.47. The number of fused-ring (bicyclic) bond motifs is 5. The van der Waals surface area contributed by atoms with Crippen LogP contribution in [0, 0.1) is 13.8 Å². The zero-order valence-corrected chi connectivity index (χ0v) is 19.1. The van der Waals surface area contributed by atoms with Gasteiger partial charge in [0.25, 0.3) is 0 Å². The Balaban J connectivity index is 1.77. The van der Waals surface area contributed by atoms with E-state index in [0.29, 0.717) is 0 Å². The maximum Gasteiger partial charge on any atom is 0.0582 e. The minimum atomic E-state index is -0.00154. The van der Waals surface area contributed by atoms with Gasteiger partial charge < -0.3 is 4.57 Å². The van der Waals surface area contributed by atoms with Crippen molar-refractivity contribution in [3.63, 3.8) is 0 Å². The molecule has 1 aliphatic rings. The van der Waals surface area contributed by atoms with Crippen LogP contribution in [0.15, 0.2) is 48.5 Å². The Morgan fingerprint density at radius 3 is 2.37 bits per heavy atom. The largest absolute Gasteiger partial charge is 0.309 e. The predicted octanol–water partition coefficient (Wildman–Crippen LogP) is 8.16. The second kappa shape index (κ2) is 7.01. The van der Waals surface area contributed by atoms with Crippen molar-refractivity contribution in [2.75, 3.05) is 0 Å². The Hall–Kier alpha value is -2.54. The molecule has 1 nitrogen and oxygen atoms in total. The van der Waals surface area contributed by atoms with Gasteiger partial charge in [-0.15, -0.1) is 0 Å². The van der Waals surface area contributed by atoms with Crippen LogP contribution in [0.5, 0.6) is 0 Å². The zero-order valence-electron chi connectivity index (χ0n) is 19.1. The highest BCUT2D eigenvalue weighted by Crippen LogP contribution is 2.48. The van der Waals surface area contributed by atoms with E-state index in [1.54, 1.807) is 0 Å². The molecule has 0 fully saturated rings. The molecule has 0 aliphatic carbocycles. The van der Waals surface area contributed by atoms with Gasteiger partial charge in [-0.3, -0.25) is 0 Å². The maximum absolute atomic E-state index is 2.53. The molecular weight excluding hydrogens is 362 g/mol. The van der Waals surface area contributed by atoms with Crippen molar-refractivity contribution in [3.8, 4) is 5.69 Å². The number of aryl methyl sites for hydroxylation is 3. The molecule has 0 radical (unpaired) electrons. The molecule has 0 spiro atoms. The van der Waals surface area contributed by atoms with Gasteiger partial charge in [-0.2, -0.15) is 0 Å². The number of nitrogens with zero attached hydrogens (tertiary/aromatic N) is 1. The van der Waals surface area contributed by atoms with Crippen LogP contribution < -0.4 is 0 Å². The smallest absolute Gasteiger partial charge is 0.0582 e. The summed E-state index contributed by atoms with van der Waals surface area (Å²) < 4.78 is 2.53. The molecule has 0 saturated heterocycles. The van der Waals surface area contributed by atoms with E-state index >= 15 is 0 Å². The minimum Gasteiger partial charge on any atom is -0.309 e. The van der Waals surface area contributed by atoms with E-state index in [2.05, 4.69) is 87.7 Å². The van der Waals surface area contributed by atoms with E-state index in [1.165, 1.54) is 87.4 Å². The fraction of sp³-hybridized carbons (Fsp3) is 0.379. The Morgan fingerprint density at radius 2 is 1.57 bits per heavy atom. The Kier molecular flexibility index (Phi) is 4.54. The molecule has 5 rings (SSSR count). The van der Waals surface area contributed by atoms with Crippen molar-refractivity contribution >= 4 is 21.8 Å². The molecular formula is C29H33N. The first-order chi connectivity index (χ1) is 14.4. The molecule has 1 heteroatoms. The van der Waals surface area contributed by atoms with Crippen LogP contribution in [-0.2, 0) is 11.8 Å². The van der Waals surface area contributed by atoms with Crippen LogP contribution in [0.25, 0.3) is 27.5 Å². The van der Waals surface area contributed by atoms with Crippen molar-refractivity contribution in [1.29, 1.82) is 0 Å². The number of unbranched alkanes of at least 4 members (excludes halogenated alkanes) is 3. The molecule has 0 bridgehead atoms. The van der Waals surface area contributed by atoms with Gasteiger partial charge in [0.15, 0.2) is 0 Å². The van der Waals surface area contributed by atoms with Crippen LogP contribution in [0.4, 0.5) is 0 Å². The van der Waals surface area contributed by atoms with E-state index < -0.39 is 0 Å². The molecule has 154 valence electrons. The van der Waals surface area contributed by atoms with Crippen LogP contribution >= 0.6 is 0 Å². The predicted molar refractivity (Wildman–Crippen MR) is 130 cm³/mol. The van der Waals surface area contributed by atoms with Crippen LogP contribution in [0.2, 0.25) is 0 Å². The molecule has 3 aromatic carbocycles. The molecule has 30 heavy (non-hydrogen) atoms.